The highest BCUT2D eigenvalue weighted by Crippen LogP contribution is 2.43. The molecule has 0 aromatic carbocycles. The first-order valence-corrected chi connectivity index (χ1v) is 7.45. The minimum atomic E-state index is -0.185. The molecule has 0 aromatic heterocycles. The van der Waals surface area contributed by atoms with Crippen LogP contribution in [-0.4, -0.2) is 37.4 Å². The third-order valence-electron chi connectivity index (χ3n) is 4.02. The second kappa shape index (κ2) is 7.85. The zero-order chi connectivity index (χ0) is 14.3. The minimum Gasteiger partial charge on any atom is -0.396 e. The number of hydrogen-bond donors (Lipinski definition) is 2. The van der Waals surface area contributed by atoms with Gasteiger partial charge in [0.15, 0.2) is 0 Å². The summed E-state index contributed by atoms with van der Waals surface area (Å²) in [4.78, 5) is 12.6. The summed E-state index contributed by atoms with van der Waals surface area (Å²) in [7, 11) is 1.62. The minimum absolute atomic E-state index is 0.0749. The summed E-state index contributed by atoms with van der Waals surface area (Å²) in [6, 6.07) is -0.0767. The van der Waals surface area contributed by atoms with E-state index in [1.165, 1.54) is 0 Å². The summed E-state index contributed by atoms with van der Waals surface area (Å²) in [5.41, 5.74) is -0.185. The molecule has 1 unspecified atom stereocenters. The Hall–Kier alpha value is -0.610. The van der Waals surface area contributed by atoms with Crippen molar-refractivity contribution in [1.29, 1.82) is 0 Å². The molecule has 19 heavy (non-hydrogen) atoms. The number of nitrogens with one attached hydrogen (secondary N) is 1. The van der Waals surface area contributed by atoms with Gasteiger partial charge >= 0.3 is 0 Å². The SMILES string of the molecule is COCC(CCO)NC(=O)C1(CC(C)C)CCCC1. The number of carbonyl (C=O) groups excluding carboxylic acids is 1. The Labute approximate surface area is 116 Å². The van der Waals surface area contributed by atoms with E-state index in [0.29, 0.717) is 18.9 Å². The maximum atomic E-state index is 12.6. The lowest BCUT2D eigenvalue weighted by atomic mass is 9.77. The molecule has 0 radical (unpaired) electrons. The smallest absolute Gasteiger partial charge is 0.226 e. The van der Waals surface area contributed by atoms with Crippen LogP contribution in [0.25, 0.3) is 0 Å². The first-order valence-electron chi connectivity index (χ1n) is 7.45. The van der Waals surface area contributed by atoms with Crippen LogP contribution in [0.3, 0.4) is 0 Å². The fraction of sp³-hybridized carbons (Fsp3) is 0.933. The average molecular weight is 271 g/mol. The fourth-order valence-electron chi connectivity index (χ4n) is 3.25. The molecule has 0 heterocycles. The van der Waals surface area contributed by atoms with E-state index >= 15 is 0 Å². The van der Waals surface area contributed by atoms with E-state index in [2.05, 4.69) is 19.2 Å². The third kappa shape index (κ3) is 4.77. The molecule has 4 nitrogen and oxygen atoms in total. The van der Waals surface area contributed by atoms with Crippen LogP contribution < -0.4 is 5.32 Å². The molecule has 0 aromatic rings. The van der Waals surface area contributed by atoms with Gasteiger partial charge in [-0.15, -0.1) is 0 Å². The topological polar surface area (TPSA) is 58.6 Å². The number of hydrogen-bond acceptors (Lipinski definition) is 3. The molecule has 1 aliphatic rings. The van der Waals surface area contributed by atoms with E-state index in [9.17, 15) is 4.79 Å². The van der Waals surface area contributed by atoms with Gasteiger partial charge < -0.3 is 15.2 Å². The highest BCUT2D eigenvalue weighted by molar-refractivity contribution is 5.83. The Kier molecular flexibility index (Phi) is 6.80. The molecule has 0 aliphatic heterocycles. The zero-order valence-electron chi connectivity index (χ0n) is 12.6. The van der Waals surface area contributed by atoms with E-state index in [0.717, 1.165) is 32.1 Å². The molecule has 1 saturated carbocycles. The molecule has 1 atom stereocenters. The quantitative estimate of drug-likeness (QED) is 0.711. The second-order valence-electron chi connectivity index (χ2n) is 6.22. The van der Waals surface area contributed by atoms with Gasteiger partial charge in [0.2, 0.25) is 5.91 Å². The van der Waals surface area contributed by atoms with Crippen molar-refractivity contribution in [2.24, 2.45) is 11.3 Å². The lowest BCUT2D eigenvalue weighted by Gasteiger charge is -2.31. The Morgan fingerprint density at radius 2 is 2.00 bits per heavy atom. The third-order valence-corrected chi connectivity index (χ3v) is 4.02. The molecule has 112 valence electrons. The maximum Gasteiger partial charge on any atom is 0.226 e. The highest BCUT2D eigenvalue weighted by atomic mass is 16.5. The van der Waals surface area contributed by atoms with Crippen molar-refractivity contribution < 1.29 is 14.6 Å². The number of amides is 1. The molecule has 0 spiro atoms. The van der Waals surface area contributed by atoms with Crippen molar-refractivity contribution >= 4 is 5.91 Å². The molecule has 1 fully saturated rings. The van der Waals surface area contributed by atoms with Gasteiger partial charge in [0, 0.05) is 19.1 Å². The van der Waals surface area contributed by atoms with Crippen LogP contribution >= 0.6 is 0 Å². The van der Waals surface area contributed by atoms with Gasteiger partial charge in [-0.2, -0.15) is 0 Å². The van der Waals surface area contributed by atoms with Gasteiger partial charge in [-0.05, 0) is 31.6 Å². The molecule has 0 saturated heterocycles. The van der Waals surface area contributed by atoms with E-state index in [1.54, 1.807) is 7.11 Å². The van der Waals surface area contributed by atoms with E-state index < -0.39 is 0 Å². The predicted octanol–water partition coefficient (Wildman–Crippen LogP) is 2.11. The van der Waals surface area contributed by atoms with E-state index in [-0.39, 0.29) is 24.0 Å². The Morgan fingerprint density at radius 1 is 1.37 bits per heavy atom. The fourth-order valence-corrected chi connectivity index (χ4v) is 3.25. The van der Waals surface area contributed by atoms with Gasteiger partial charge in [-0.1, -0.05) is 26.7 Å². The maximum absolute atomic E-state index is 12.6. The van der Waals surface area contributed by atoms with E-state index in [1.807, 2.05) is 0 Å². The summed E-state index contributed by atoms with van der Waals surface area (Å²) in [5, 5.41) is 12.1. The lowest BCUT2D eigenvalue weighted by molar-refractivity contribution is -0.133. The van der Waals surface area contributed by atoms with Gasteiger partial charge in [0.25, 0.3) is 0 Å². The van der Waals surface area contributed by atoms with Crippen LogP contribution in [0.4, 0.5) is 0 Å². The van der Waals surface area contributed by atoms with Crippen molar-refractivity contribution in [2.75, 3.05) is 20.3 Å². The van der Waals surface area contributed by atoms with Crippen LogP contribution in [0.2, 0.25) is 0 Å². The lowest BCUT2D eigenvalue weighted by Crippen LogP contribution is -2.47. The first-order chi connectivity index (χ1) is 9.04. The van der Waals surface area contributed by atoms with Gasteiger partial charge in [-0.25, -0.2) is 0 Å². The highest BCUT2D eigenvalue weighted by Gasteiger charge is 2.41. The van der Waals surface area contributed by atoms with Crippen molar-refractivity contribution in [3.63, 3.8) is 0 Å². The summed E-state index contributed by atoms with van der Waals surface area (Å²) in [5.74, 6) is 0.691. The first kappa shape index (κ1) is 16.4. The van der Waals surface area contributed by atoms with Crippen LogP contribution in [0.1, 0.15) is 52.4 Å². The number of aliphatic hydroxyl groups is 1. The number of aliphatic hydroxyl groups excluding tert-OH is 1. The second-order valence-corrected chi connectivity index (χ2v) is 6.22. The van der Waals surface area contributed by atoms with E-state index in [4.69, 9.17) is 9.84 Å². The van der Waals surface area contributed by atoms with Crippen LogP contribution in [0, 0.1) is 11.3 Å². The molecule has 1 amide bonds. The molecule has 1 rings (SSSR count). The van der Waals surface area contributed by atoms with Gasteiger partial charge in [0.1, 0.15) is 0 Å². The van der Waals surface area contributed by atoms with Crippen molar-refractivity contribution in [2.45, 2.75) is 58.4 Å². The van der Waals surface area contributed by atoms with Gasteiger partial charge in [0.05, 0.1) is 12.6 Å². The Balaban J connectivity index is 2.65. The molecular formula is C15H29NO3. The summed E-state index contributed by atoms with van der Waals surface area (Å²) >= 11 is 0. The van der Waals surface area contributed by atoms with Crippen LogP contribution in [-0.2, 0) is 9.53 Å². The number of methoxy groups -OCH3 is 1. The molecular weight excluding hydrogens is 242 g/mol. The number of ether oxygens (including phenoxy) is 1. The number of carbonyl (C=O) groups is 1. The van der Waals surface area contributed by atoms with Crippen LogP contribution in [0.15, 0.2) is 0 Å². The standard InChI is InChI=1S/C15H29NO3/c1-12(2)10-15(7-4-5-8-15)14(18)16-13(6-9-17)11-19-3/h12-13,17H,4-11H2,1-3H3,(H,16,18). The monoisotopic (exact) mass is 271 g/mol. The number of rotatable bonds is 8. The molecule has 4 heteroatoms. The largest absolute Gasteiger partial charge is 0.396 e. The van der Waals surface area contributed by atoms with Gasteiger partial charge in [-0.3, -0.25) is 4.79 Å². The van der Waals surface area contributed by atoms with Crippen molar-refractivity contribution in [1.82, 2.24) is 5.32 Å². The van der Waals surface area contributed by atoms with Crippen LogP contribution in [0.5, 0.6) is 0 Å². The van der Waals surface area contributed by atoms with Crippen molar-refractivity contribution in [3.8, 4) is 0 Å². The summed E-state index contributed by atoms with van der Waals surface area (Å²) < 4.78 is 5.11. The molecule has 0 bridgehead atoms. The Morgan fingerprint density at radius 3 is 2.47 bits per heavy atom. The normalized spacial score (nSPS) is 19.6. The molecule has 2 N–H and O–H groups in total. The summed E-state index contributed by atoms with van der Waals surface area (Å²) in [6.45, 7) is 4.89. The van der Waals surface area contributed by atoms with Crippen molar-refractivity contribution in [3.05, 3.63) is 0 Å². The average Bonchev–Trinajstić information content (AvgIpc) is 2.78. The molecule has 1 aliphatic carbocycles. The summed E-state index contributed by atoms with van der Waals surface area (Å²) in [6.07, 6.45) is 5.80. The zero-order valence-corrected chi connectivity index (χ0v) is 12.6. The predicted molar refractivity (Wildman–Crippen MR) is 75.9 cm³/mol. The Bertz CT molecular complexity index is 267.